The van der Waals surface area contributed by atoms with E-state index in [4.69, 9.17) is 9.47 Å². The van der Waals surface area contributed by atoms with Crippen molar-refractivity contribution in [3.05, 3.63) is 89.1 Å². The van der Waals surface area contributed by atoms with Gasteiger partial charge in [-0.25, -0.2) is 4.79 Å². The van der Waals surface area contributed by atoms with E-state index >= 15 is 0 Å². The predicted molar refractivity (Wildman–Crippen MR) is 177 cm³/mol. The molecule has 1 saturated heterocycles. The first kappa shape index (κ1) is 30.0. The fourth-order valence-corrected chi connectivity index (χ4v) is 6.90. The summed E-state index contributed by atoms with van der Waals surface area (Å²) >= 11 is 1.66. The van der Waals surface area contributed by atoms with Crippen molar-refractivity contribution in [2.45, 2.75) is 58.6 Å². The smallest absolute Gasteiger partial charge is 0.410 e. The average Bonchev–Trinajstić information content (AvgIpc) is 3.71. The third-order valence-corrected chi connectivity index (χ3v) is 9.32. The van der Waals surface area contributed by atoms with Crippen LogP contribution in [0.1, 0.15) is 61.6 Å². The maximum atomic E-state index is 13.7. The number of amides is 1. The molecule has 4 heterocycles. The van der Waals surface area contributed by atoms with Crippen molar-refractivity contribution < 1.29 is 19.1 Å². The molecule has 0 bridgehead atoms. The Hall–Kier alpha value is -4.04. The second-order valence-electron chi connectivity index (χ2n) is 12.8. The Balaban J connectivity index is 1.01. The first-order chi connectivity index (χ1) is 21.2. The summed E-state index contributed by atoms with van der Waals surface area (Å²) in [6, 6.07) is 20.7. The van der Waals surface area contributed by atoms with Gasteiger partial charge in [0.25, 0.3) is 0 Å². The molecule has 0 N–H and O–H groups in total. The first-order valence-electron chi connectivity index (χ1n) is 15.5. The molecule has 1 aliphatic rings. The van der Waals surface area contributed by atoms with Crippen LogP contribution in [0.3, 0.4) is 0 Å². The molecule has 1 amide bonds. The van der Waals surface area contributed by atoms with Gasteiger partial charge < -0.3 is 23.5 Å². The highest BCUT2D eigenvalue weighted by Crippen LogP contribution is 2.29. The van der Waals surface area contributed by atoms with E-state index < -0.39 is 5.60 Å². The van der Waals surface area contributed by atoms with Gasteiger partial charge in [-0.3, -0.25) is 4.79 Å². The molecule has 1 fully saturated rings. The van der Waals surface area contributed by atoms with Gasteiger partial charge >= 0.3 is 6.09 Å². The lowest BCUT2D eigenvalue weighted by atomic mass is 9.98. The highest BCUT2D eigenvalue weighted by molar-refractivity contribution is 7.17. The van der Waals surface area contributed by atoms with Crippen LogP contribution in [0.15, 0.2) is 72.2 Å². The molecule has 1 aliphatic heterocycles. The van der Waals surface area contributed by atoms with E-state index in [0.717, 1.165) is 70.4 Å². The van der Waals surface area contributed by atoms with Crippen LogP contribution >= 0.6 is 11.3 Å². The molecule has 7 nitrogen and oxygen atoms in total. The van der Waals surface area contributed by atoms with Crippen LogP contribution in [0.2, 0.25) is 0 Å². The van der Waals surface area contributed by atoms with Gasteiger partial charge in [0.15, 0.2) is 0 Å². The number of ketones is 1. The SMILES string of the molecule is Cn1c(C(=O)c2cn(CCCc3ccc(OCC4CCN(C(=O)OC(C)(C)C)CC4)cc3)c3ccccc23)cc2sccc21. The minimum Gasteiger partial charge on any atom is -0.493 e. The Kier molecular flexibility index (Phi) is 8.54. The topological polar surface area (TPSA) is 65.7 Å². The second kappa shape index (κ2) is 12.5. The highest BCUT2D eigenvalue weighted by atomic mass is 32.1. The second-order valence-corrected chi connectivity index (χ2v) is 13.8. The van der Waals surface area contributed by atoms with E-state index in [9.17, 15) is 9.59 Å². The van der Waals surface area contributed by atoms with Crippen molar-refractivity contribution in [3.8, 4) is 5.75 Å². The van der Waals surface area contributed by atoms with Gasteiger partial charge in [0, 0.05) is 49.3 Å². The summed E-state index contributed by atoms with van der Waals surface area (Å²) in [4.78, 5) is 27.8. The quantitative estimate of drug-likeness (QED) is 0.158. The predicted octanol–water partition coefficient (Wildman–Crippen LogP) is 8.08. The van der Waals surface area contributed by atoms with Gasteiger partial charge in [0.1, 0.15) is 11.4 Å². The number of benzene rings is 2. The van der Waals surface area contributed by atoms with Crippen LogP contribution in [0.4, 0.5) is 4.79 Å². The van der Waals surface area contributed by atoms with Crippen LogP contribution in [0, 0.1) is 5.92 Å². The monoisotopic (exact) mass is 611 g/mol. The van der Waals surface area contributed by atoms with Gasteiger partial charge in [-0.1, -0.05) is 30.3 Å². The van der Waals surface area contributed by atoms with Gasteiger partial charge in [0.05, 0.1) is 22.5 Å². The number of thiophene rings is 1. The zero-order chi connectivity index (χ0) is 30.8. The molecule has 0 radical (unpaired) electrons. The molecule has 0 aliphatic carbocycles. The summed E-state index contributed by atoms with van der Waals surface area (Å²) in [6.45, 7) is 8.59. The number of ether oxygens (including phenoxy) is 2. The largest absolute Gasteiger partial charge is 0.493 e. The molecule has 44 heavy (non-hydrogen) atoms. The number of aromatic nitrogens is 2. The molecular formula is C36H41N3O4S. The standard InChI is InChI=1S/C36H41N3O4S/c1-36(2,3)43-35(41)38-19-15-26(16-20-38)24-42-27-13-11-25(12-14-27)8-7-18-39-23-29(28-9-5-6-10-30(28)39)34(40)32-22-33-31(37(32)4)17-21-44-33/h5-6,9-14,17,21-23,26H,7-8,15-16,18-20,24H2,1-4H3. The fourth-order valence-electron chi connectivity index (χ4n) is 6.05. The Morgan fingerprint density at radius 1 is 0.977 bits per heavy atom. The third-order valence-electron chi connectivity index (χ3n) is 8.47. The number of hydrogen-bond donors (Lipinski definition) is 0. The summed E-state index contributed by atoms with van der Waals surface area (Å²) in [5.41, 5.74) is 4.46. The number of aryl methyl sites for hydroxylation is 3. The molecule has 5 aromatic rings. The van der Waals surface area contributed by atoms with Crippen LogP contribution in [-0.2, 0) is 24.8 Å². The van der Waals surface area contributed by atoms with Crippen molar-refractivity contribution >= 4 is 44.3 Å². The molecule has 0 unspecified atom stereocenters. The number of carbonyl (C=O) groups excluding carboxylic acids is 2. The summed E-state index contributed by atoms with van der Waals surface area (Å²) in [5.74, 6) is 1.37. The van der Waals surface area contributed by atoms with E-state index in [2.05, 4.69) is 46.3 Å². The number of piperidine rings is 1. The molecule has 230 valence electrons. The summed E-state index contributed by atoms with van der Waals surface area (Å²) in [6.07, 6.45) is 5.54. The molecular weight excluding hydrogens is 570 g/mol. The van der Waals surface area contributed by atoms with Crippen molar-refractivity contribution in [1.82, 2.24) is 14.0 Å². The Morgan fingerprint density at radius 2 is 1.73 bits per heavy atom. The Bertz CT molecular complexity index is 1760. The number of carbonyl (C=O) groups is 2. The summed E-state index contributed by atoms with van der Waals surface area (Å²) in [7, 11) is 1.97. The molecule has 3 aromatic heterocycles. The lowest BCUT2D eigenvalue weighted by Gasteiger charge is -2.33. The number of likely N-dealkylation sites (tertiary alicyclic amines) is 1. The van der Waals surface area contributed by atoms with Gasteiger partial charge in [-0.05, 0) is 93.6 Å². The maximum Gasteiger partial charge on any atom is 0.410 e. The summed E-state index contributed by atoms with van der Waals surface area (Å²) in [5, 5.41) is 3.06. The minimum atomic E-state index is -0.468. The van der Waals surface area contributed by atoms with E-state index in [-0.39, 0.29) is 11.9 Å². The normalized spacial score (nSPS) is 14.4. The van der Waals surface area contributed by atoms with Crippen molar-refractivity contribution in [2.24, 2.45) is 13.0 Å². The number of rotatable bonds is 9. The van der Waals surface area contributed by atoms with Gasteiger partial charge in [0.2, 0.25) is 5.78 Å². The third kappa shape index (κ3) is 6.55. The molecule has 0 atom stereocenters. The van der Waals surface area contributed by atoms with Gasteiger partial charge in [-0.2, -0.15) is 0 Å². The van der Waals surface area contributed by atoms with Crippen molar-refractivity contribution in [3.63, 3.8) is 0 Å². The summed E-state index contributed by atoms with van der Waals surface area (Å²) < 4.78 is 17.0. The van der Waals surface area contributed by atoms with E-state index in [1.165, 1.54) is 5.56 Å². The molecule has 8 heteroatoms. The zero-order valence-corrected chi connectivity index (χ0v) is 26.9. The van der Waals surface area contributed by atoms with E-state index in [0.29, 0.717) is 25.6 Å². The maximum absolute atomic E-state index is 13.7. The van der Waals surface area contributed by atoms with Crippen LogP contribution in [0.5, 0.6) is 5.75 Å². The molecule has 0 saturated carbocycles. The minimum absolute atomic E-state index is 0.0648. The molecule has 0 spiro atoms. The number of nitrogens with zero attached hydrogens (tertiary/aromatic N) is 3. The molecule has 6 rings (SSSR count). The molecule has 2 aromatic carbocycles. The van der Waals surface area contributed by atoms with Crippen LogP contribution in [-0.4, -0.2) is 51.2 Å². The van der Waals surface area contributed by atoms with Crippen LogP contribution in [0.25, 0.3) is 21.1 Å². The van der Waals surface area contributed by atoms with Crippen molar-refractivity contribution in [2.75, 3.05) is 19.7 Å². The number of fused-ring (bicyclic) bond motifs is 2. The Labute approximate surface area is 263 Å². The highest BCUT2D eigenvalue weighted by Gasteiger charge is 2.27. The van der Waals surface area contributed by atoms with E-state index in [1.807, 2.05) is 62.8 Å². The van der Waals surface area contributed by atoms with Gasteiger partial charge in [-0.15, -0.1) is 11.3 Å². The average molecular weight is 612 g/mol. The van der Waals surface area contributed by atoms with Crippen molar-refractivity contribution in [1.29, 1.82) is 0 Å². The number of para-hydroxylation sites is 1. The Morgan fingerprint density at radius 3 is 2.45 bits per heavy atom. The lowest BCUT2D eigenvalue weighted by Crippen LogP contribution is -2.42. The lowest BCUT2D eigenvalue weighted by molar-refractivity contribution is 0.0165. The zero-order valence-electron chi connectivity index (χ0n) is 26.0. The van der Waals surface area contributed by atoms with Crippen LogP contribution < -0.4 is 4.74 Å². The van der Waals surface area contributed by atoms with E-state index in [1.54, 1.807) is 16.2 Å². The fraction of sp³-hybridized carbons (Fsp3) is 0.389. The first-order valence-corrected chi connectivity index (χ1v) is 16.4. The number of hydrogen-bond acceptors (Lipinski definition) is 5.